The van der Waals surface area contributed by atoms with Crippen molar-refractivity contribution < 1.29 is 28.6 Å². The maximum atomic E-state index is 12.8. The number of rotatable bonds is 48. The van der Waals surface area contributed by atoms with Crippen LogP contribution in [0.2, 0.25) is 0 Å². The minimum Gasteiger partial charge on any atom is -0.462 e. The number of unbranched alkanes of at least 4 members (excludes halogenated alkanes) is 26. The molecule has 0 aliphatic rings. The van der Waals surface area contributed by atoms with Crippen LogP contribution in [0.1, 0.15) is 258 Å². The van der Waals surface area contributed by atoms with E-state index in [1.54, 1.807) is 0 Å². The van der Waals surface area contributed by atoms with Crippen LogP contribution in [0.5, 0.6) is 0 Å². The predicted molar refractivity (Wildman–Crippen MR) is 274 cm³/mol. The van der Waals surface area contributed by atoms with Crippen molar-refractivity contribution in [2.45, 2.75) is 264 Å². The lowest BCUT2D eigenvalue weighted by Gasteiger charge is -2.18. The van der Waals surface area contributed by atoms with Crippen molar-refractivity contribution in [3.63, 3.8) is 0 Å². The SMILES string of the molecule is CC/C=C\C/C=C\C/C=C\CCCCCCC(=O)OC(COC(=O)CCCCC/C=C\CCCCCCCCC)COC(=O)CCCCCCC/C=C\C=C/CCCCCCCCC. The number of allylic oxidation sites excluding steroid dienone is 12. The van der Waals surface area contributed by atoms with E-state index < -0.39 is 6.10 Å². The molecule has 0 rings (SSSR count). The summed E-state index contributed by atoms with van der Waals surface area (Å²) in [7, 11) is 0. The molecule has 0 spiro atoms. The summed E-state index contributed by atoms with van der Waals surface area (Å²) in [5, 5.41) is 0. The molecule has 0 radical (unpaired) electrons. The van der Waals surface area contributed by atoms with E-state index in [-0.39, 0.29) is 31.1 Å². The van der Waals surface area contributed by atoms with Gasteiger partial charge < -0.3 is 14.2 Å². The minimum atomic E-state index is -0.799. The maximum absolute atomic E-state index is 12.8. The van der Waals surface area contributed by atoms with Gasteiger partial charge in [-0.05, 0) is 103 Å². The zero-order valence-corrected chi connectivity index (χ0v) is 42.0. The number of carbonyl (C=O) groups excluding carboxylic acids is 3. The lowest BCUT2D eigenvalue weighted by molar-refractivity contribution is -0.167. The van der Waals surface area contributed by atoms with E-state index in [1.807, 2.05) is 0 Å². The van der Waals surface area contributed by atoms with Gasteiger partial charge in [0.2, 0.25) is 0 Å². The Morgan fingerprint density at radius 2 is 0.656 bits per heavy atom. The summed E-state index contributed by atoms with van der Waals surface area (Å²) in [4.78, 5) is 38.0. The first kappa shape index (κ1) is 60.9. The van der Waals surface area contributed by atoms with Crippen molar-refractivity contribution in [1.82, 2.24) is 0 Å². The van der Waals surface area contributed by atoms with Crippen LogP contribution in [0.4, 0.5) is 0 Å². The molecule has 1 atom stereocenters. The van der Waals surface area contributed by atoms with Gasteiger partial charge in [-0.2, -0.15) is 0 Å². The lowest BCUT2D eigenvalue weighted by Crippen LogP contribution is -2.30. The smallest absolute Gasteiger partial charge is 0.306 e. The molecule has 0 aliphatic carbocycles. The van der Waals surface area contributed by atoms with Crippen molar-refractivity contribution in [1.29, 1.82) is 0 Å². The number of ether oxygens (including phenoxy) is 3. The van der Waals surface area contributed by atoms with E-state index in [0.29, 0.717) is 19.3 Å². The van der Waals surface area contributed by atoms with Gasteiger partial charge >= 0.3 is 17.9 Å². The number of esters is 3. The molecule has 0 amide bonds. The third-order valence-corrected chi connectivity index (χ3v) is 11.4. The number of hydrogen-bond donors (Lipinski definition) is 0. The van der Waals surface area contributed by atoms with Crippen LogP contribution in [0, 0.1) is 0 Å². The Hall–Kier alpha value is -3.15. The van der Waals surface area contributed by atoms with Crippen molar-refractivity contribution in [3.05, 3.63) is 72.9 Å². The molecule has 0 bridgehead atoms. The average molecular weight is 893 g/mol. The van der Waals surface area contributed by atoms with Gasteiger partial charge in [0, 0.05) is 19.3 Å². The summed E-state index contributed by atoms with van der Waals surface area (Å²) in [6, 6.07) is 0. The monoisotopic (exact) mass is 893 g/mol. The van der Waals surface area contributed by atoms with Crippen LogP contribution < -0.4 is 0 Å². The Kier molecular flexibility index (Phi) is 49.9. The summed E-state index contributed by atoms with van der Waals surface area (Å²) in [6.07, 6.45) is 66.0. The molecule has 64 heavy (non-hydrogen) atoms. The van der Waals surface area contributed by atoms with E-state index in [1.165, 1.54) is 96.3 Å². The standard InChI is InChI=1S/C58H100O6/c1-4-7-10-13-16-19-22-25-28-29-30-31-34-36-39-42-45-48-51-57(60)63-54-55(64-58(61)52-49-46-43-40-37-33-27-24-21-18-15-12-9-6-3)53-62-56(59)50-47-44-41-38-35-32-26-23-20-17-14-11-8-5-2/h9,12,18,21,27-33,35,55H,4-8,10-11,13-17,19-20,22-26,34,36-54H2,1-3H3/b12-9-,21-18-,29-28-,31-30-,33-27-,35-32-. The fourth-order valence-electron chi connectivity index (χ4n) is 7.38. The van der Waals surface area contributed by atoms with Gasteiger partial charge in [-0.15, -0.1) is 0 Å². The Bertz CT molecular complexity index is 1210. The Morgan fingerprint density at radius 1 is 0.344 bits per heavy atom. The fourth-order valence-corrected chi connectivity index (χ4v) is 7.38. The molecule has 6 nitrogen and oxygen atoms in total. The second-order valence-electron chi connectivity index (χ2n) is 17.8. The van der Waals surface area contributed by atoms with E-state index in [0.717, 1.165) is 122 Å². The highest BCUT2D eigenvalue weighted by molar-refractivity contribution is 5.71. The second kappa shape index (κ2) is 52.5. The third kappa shape index (κ3) is 49.9. The molecule has 0 N–H and O–H groups in total. The molecule has 0 fully saturated rings. The molecule has 0 saturated heterocycles. The molecule has 6 heteroatoms. The highest BCUT2D eigenvalue weighted by Gasteiger charge is 2.19. The van der Waals surface area contributed by atoms with Crippen molar-refractivity contribution in [2.24, 2.45) is 0 Å². The highest BCUT2D eigenvalue weighted by atomic mass is 16.6. The quantitative estimate of drug-likeness (QED) is 0.0199. The first-order chi connectivity index (χ1) is 31.5. The van der Waals surface area contributed by atoms with Crippen LogP contribution in [-0.2, 0) is 28.6 Å². The lowest BCUT2D eigenvalue weighted by atomic mass is 10.1. The first-order valence-electron chi connectivity index (χ1n) is 27.0. The van der Waals surface area contributed by atoms with Crippen LogP contribution in [0.25, 0.3) is 0 Å². The Balaban J connectivity index is 4.44. The predicted octanol–water partition coefficient (Wildman–Crippen LogP) is 17.8. The summed E-state index contributed by atoms with van der Waals surface area (Å²) in [5.41, 5.74) is 0. The normalized spacial score (nSPS) is 12.6. The molecule has 1 unspecified atom stereocenters. The van der Waals surface area contributed by atoms with E-state index in [4.69, 9.17) is 14.2 Å². The molecule has 368 valence electrons. The van der Waals surface area contributed by atoms with E-state index in [2.05, 4.69) is 93.7 Å². The van der Waals surface area contributed by atoms with Crippen molar-refractivity contribution >= 4 is 17.9 Å². The van der Waals surface area contributed by atoms with Crippen LogP contribution in [0.15, 0.2) is 72.9 Å². The van der Waals surface area contributed by atoms with Gasteiger partial charge in [0.05, 0.1) is 0 Å². The fraction of sp³-hybridized carbons (Fsp3) is 0.741. The van der Waals surface area contributed by atoms with E-state index >= 15 is 0 Å². The molecule has 0 heterocycles. The maximum Gasteiger partial charge on any atom is 0.306 e. The molecule has 0 aromatic rings. The van der Waals surface area contributed by atoms with Gasteiger partial charge in [-0.3, -0.25) is 14.4 Å². The van der Waals surface area contributed by atoms with Crippen molar-refractivity contribution in [2.75, 3.05) is 13.2 Å². The molecular formula is C58H100O6. The minimum absolute atomic E-state index is 0.0974. The molecule has 0 aromatic heterocycles. The Morgan fingerprint density at radius 3 is 1.08 bits per heavy atom. The van der Waals surface area contributed by atoms with Gasteiger partial charge in [0.1, 0.15) is 13.2 Å². The largest absolute Gasteiger partial charge is 0.462 e. The van der Waals surface area contributed by atoms with Crippen LogP contribution >= 0.6 is 0 Å². The summed E-state index contributed by atoms with van der Waals surface area (Å²) in [6.45, 7) is 6.48. The first-order valence-corrected chi connectivity index (χ1v) is 27.0. The van der Waals surface area contributed by atoms with Gasteiger partial charge in [0.15, 0.2) is 6.10 Å². The van der Waals surface area contributed by atoms with Crippen LogP contribution in [-0.4, -0.2) is 37.2 Å². The molecular weight excluding hydrogens is 793 g/mol. The molecule has 0 aromatic carbocycles. The van der Waals surface area contributed by atoms with Crippen LogP contribution in [0.3, 0.4) is 0 Å². The number of carbonyl (C=O) groups is 3. The summed E-state index contributed by atoms with van der Waals surface area (Å²) in [5.74, 6) is -0.946. The molecule has 0 aliphatic heterocycles. The van der Waals surface area contributed by atoms with Crippen molar-refractivity contribution in [3.8, 4) is 0 Å². The van der Waals surface area contributed by atoms with E-state index in [9.17, 15) is 14.4 Å². The molecule has 0 saturated carbocycles. The summed E-state index contributed by atoms with van der Waals surface area (Å²) >= 11 is 0. The third-order valence-electron chi connectivity index (χ3n) is 11.4. The second-order valence-corrected chi connectivity index (χ2v) is 17.8. The highest BCUT2D eigenvalue weighted by Crippen LogP contribution is 2.14. The zero-order valence-electron chi connectivity index (χ0n) is 42.0. The Labute approximate surface area is 395 Å². The summed E-state index contributed by atoms with van der Waals surface area (Å²) < 4.78 is 16.8. The topological polar surface area (TPSA) is 78.9 Å². The average Bonchev–Trinajstić information content (AvgIpc) is 3.29. The number of hydrogen-bond acceptors (Lipinski definition) is 6. The van der Waals surface area contributed by atoms with Gasteiger partial charge in [-0.1, -0.05) is 209 Å². The zero-order chi connectivity index (χ0) is 46.5. The van der Waals surface area contributed by atoms with Gasteiger partial charge in [-0.25, -0.2) is 0 Å². The van der Waals surface area contributed by atoms with Gasteiger partial charge in [0.25, 0.3) is 0 Å².